The molecule has 0 unspecified atom stereocenters. The lowest BCUT2D eigenvalue weighted by molar-refractivity contribution is -0.123. The predicted molar refractivity (Wildman–Crippen MR) is 114 cm³/mol. The summed E-state index contributed by atoms with van der Waals surface area (Å²) in [6, 6.07) is 16.9. The zero-order valence-corrected chi connectivity index (χ0v) is 16.9. The number of benzene rings is 2. The summed E-state index contributed by atoms with van der Waals surface area (Å²) in [5.74, 6) is 1.19. The van der Waals surface area contributed by atoms with Gasteiger partial charge in [-0.25, -0.2) is 0 Å². The third kappa shape index (κ3) is 5.24. The number of carbonyl (C=O) groups excluding carboxylic acids is 1. The average molecular weight is 406 g/mol. The first-order valence-corrected chi connectivity index (χ1v) is 10.4. The van der Waals surface area contributed by atoms with Gasteiger partial charge >= 0.3 is 0 Å². The number of piperidine rings is 1. The number of nitrogens with zero attached hydrogens (tertiary/aromatic N) is 3. The van der Waals surface area contributed by atoms with Gasteiger partial charge in [0.15, 0.2) is 6.61 Å². The van der Waals surface area contributed by atoms with E-state index < -0.39 is 0 Å². The number of aromatic nitrogens is 2. The van der Waals surface area contributed by atoms with Gasteiger partial charge in [0.2, 0.25) is 5.89 Å². The SMILES string of the molecule is O=C(COc1ccccc1-c1nnc(-c2ccccc2)o1)NCCN1CCCCC1. The maximum atomic E-state index is 12.2. The van der Waals surface area contributed by atoms with Crippen LogP contribution in [-0.4, -0.2) is 53.8 Å². The standard InChI is InChI=1S/C23H26N4O3/c28-21(24-13-16-27-14-7-2-8-15-27)17-29-20-12-6-5-11-19(20)23-26-25-22(30-23)18-9-3-1-4-10-18/h1,3-6,9-12H,2,7-8,13-17H2,(H,24,28). The minimum atomic E-state index is -0.141. The van der Waals surface area contributed by atoms with E-state index in [-0.39, 0.29) is 12.5 Å². The van der Waals surface area contributed by atoms with E-state index in [9.17, 15) is 4.79 Å². The van der Waals surface area contributed by atoms with Crippen LogP contribution < -0.4 is 10.1 Å². The van der Waals surface area contributed by atoms with Crippen LogP contribution in [0, 0.1) is 0 Å². The van der Waals surface area contributed by atoms with Gasteiger partial charge in [-0.15, -0.1) is 10.2 Å². The highest BCUT2D eigenvalue weighted by Gasteiger charge is 2.15. The second-order valence-corrected chi connectivity index (χ2v) is 7.32. The lowest BCUT2D eigenvalue weighted by Crippen LogP contribution is -2.39. The molecule has 0 atom stereocenters. The fraction of sp³-hybridized carbons (Fsp3) is 0.348. The summed E-state index contributed by atoms with van der Waals surface area (Å²) in [5, 5.41) is 11.2. The first-order chi connectivity index (χ1) is 14.8. The maximum absolute atomic E-state index is 12.2. The second kappa shape index (κ2) is 10.0. The van der Waals surface area contributed by atoms with Crippen molar-refractivity contribution >= 4 is 5.91 Å². The van der Waals surface area contributed by atoms with Crippen molar-refractivity contribution in [3.05, 3.63) is 54.6 Å². The zero-order chi connectivity index (χ0) is 20.6. The average Bonchev–Trinajstić information content (AvgIpc) is 3.29. The molecule has 1 saturated heterocycles. The van der Waals surface area contributed by atoms with Crippen LogP contribution in [0.15, 0.2) is 59.0 Å². The highest BCUT2D eigenvalue weighted by atomic mass is 16.5. The number of hydrogen-bond acceptors (Lipinski definition) is 6. The van der Waals surface area contributed by atoms with Crippen molar-refractivity contribution in [1.82, 2.24) is 20.4 Å². The number of para-hydroxylation sites is 1. The Morgan fingerprint density at radius 2 is 1.70 bits per heavy atom. The summed E-state index contributed by atoms with van der Waals surface area (Å²) in [7, 11) is 0. The van der Waals surface area contributed by atoms with Crippen molar-refractivity contribution < 1.29 is 13.9 Å². The zero-order valence-electron chi connectivity index (χ0n) is 16.9. The molecular weight excluding hydrogens is 380 g/mol. The highest BCUT2D eigenvalue weighted by Crippen LogP contribution is 2.30. The van der Waals surface area contributed by atoms with Gasteiger partial charge in [0.1, 0.15) is 5.75 Å². The molecule has 4 rings (SSSR count). The fourth-order valence-electron chi connectivity index (χ4n) is 3.53. The fourth-order valence-corrected chi connectivity index (χ4v) is 3.53. The summed E-state index contributed by atoms with van der Waals surface area (Å²) in [4.78, 5) is 14.6. The summed E-state index contributed by atoms with van der Waals surface area (Å²) in [6.45, 7) is 3.70. The van der Waals surface area contributed by atoms with Crippen LogP contribution in [0.4, 0.5) is 0 Å². The molecule has 2 aromatic carbocycles. The normalized spacial score (nSPS) is 14.4. The Labute approximate surface area is 176 Å². The van der Waals surface area contributed by atoms with Crippen molar-refractivity contribution in [2.75, 3.05) is 32.8 Å². The Hall–Kier alpha value is -3.19. The molecule has 0 bridgehead atoms. The molecule has 0 spiro atoms. The van der Waals surface area contributed by atoms with Crippen LogP contribution in [0.5, 0.6) is 5.75 Å². The molecule has 7 nitrogen and oxygen atoms in total. The molecule has 156 valence electrons. The molecule has 3 aromatic rings. The number of rotatable bonds is 8. The first kappa shape index (κ1) is 20.1. The van der Waals surface area contributed by atoms with Gasteiger partial charge < -0.3 is 19.4 Å². The third-order valence-corrected chi connectivity index (χ3v) is 5.12. The lowest BCUT2D eigenvalue weighted by atomic mass is 10.1. The minimum Gasteiger partial charge on any atom is -0.483 e. The quantitative estimate of drug-likeness (QED) is 0.618. The van der Waals surface area contributed by atoms with Gasteiger partial charge in [-0.3, -0.25) is 4.79 Å². The number of hydrogen-bond donors (Lipinski definition) is 1. The first-order valence-electron chi connectivity index (χ1n) is 10.4. The van der Waals surface area contributed by atoms with Crippen molar-refractivity contribution in [3.63, 3.8) is 0 Å². The van der Waals surface area contributed by atoms with Crippen molar-refractivity contribution in [1.29, 1.82) is 0 Å². The van der Waals surface area contributed by atoms with Crippen molar-refractivity contribution in [2.24, 2.45) is 0 Å². The summed E-state index contributed by atoms with van der Waals surface area (Å²) in [6.07, 6.45) is 3.80. The van der Waals surface area contributed by atoms with Gasteiger partial charge in [-0.2, -0.15) is 0 Å². The van der Waals surface area contributed by atoms with E-state index in [0.29, 0.717) is 29.6 Å². The van der Waals surface area contributed by atoms with Crippen molar-refractivity contribution in [3.8, 4) is 28.7 Å². The van der Waals surface area contributed by atoms with Gasteiger partial charge in [0, 0.05) is 18.7 Å². The van der Waals surface area contributed by atoms with E-state index in [4.69, 9.17) is 9.15 Å². The summed E-state index contributed by atoms with van der Waals surface area (Å²) in [5.41, 5.74) is 1.51. The Morgan fingerprint density at radius 3 is 2.53 bits per heavy atom. The predicted octanol–water partition coefficient (Wildman–Crippen LogP) is 3.38. The molecule has 1 fully saturated rings. The van der Waals surface area contributed by atoms with E-state index in [1.54, 1.807) is 6.07 Å². The molecule has 1 aromatic heterocycles. The largest absolute Gasteiger partial charge is 0.483 e. The molecule has 0 aliphatic carbocycles. The maximum Gasteiger partial charge on any atom is 0.257 e. The van der Waals surface area contributed by atoms with Gasteiger partial charge in [0.05, 0.1) is 5.56 Å². The number of ether oxygens (including phenoxy) is 1. The Morgan fingerprint density at radius 1 is 0.967 bits per heavy atom. The Bertz CT molecular complexity index is 952. The van der Waals surface area contributed by atoms with E-state index in [2.05, 4.69) is 20.4 Å². The minimum absolute atomic E-state index is 0.0588. The Balaban J connectivity index is 1.33. The van der Waals surface area contributed by atoms with Crippen LogP contribution in [0.3, 0.4) is 0 Å². The smallest absolute Gasteiger partial charge is 0.257 e. The molecule has 1 amide bonds. The monoisotopic (exact) mass is 406 g/mol. The third-order valence-electron chi connectivity index (χ3n) is 5.12. The number of likely N-dealkylation sites (tertiary alicyclic amines) is 1. The van der Waals surface area contributed by atoms with Crippen LogP contribution in [0.1, 0.15) is 19.3 Å². The second-order valence-electron chi connectivity index (χ2n) is 7.32. The highest BCUT2D eigenvalue weighted by molar-refractivity contribution is 5.78. The molecule has 30 heavy (non-hydrogen) atoms. The van der Waals surface area contributed by atoms with Gasteiger partial charge in [-0.05, 0) is 50.2 Å². The van der Waals surface area contributed by atoms with E-state index in [0.717, 1.165) is 25.2 Å². The number of carbonyl (C=O) groups is 1. The molecule has 7 heteroatoms. The van der Waals surface area contributed by atoms with Crippen LogP contribution in [0.2, 0.25) is 0 Å². The molecule has 1 aliphatic heterocycles. The molecule has 0 radical (unpaired) electrons. The van der Waals surface area contributed by atoms with Crippen LogP contribution in [-0.2, 0) is 4.79 Å². The van der Waals surface area contributed by atoms with Crippen LogP contribution >= 0.6 is 0 Å². The molecule has 1 N–H and O–H groups in total. The number of nitrogens with one attached hydrogen (secondary N) is 1. The van der Waals surface area contributed by atoms with Gasteiger partial charge in [0.25, 0.3) is 11.8 Å². The Kier molecular flexibility index (Phi) is 6.72. The molecule has 0 saturated carbocycles. The molecule has 1 aliphatic rings. The molecule has 2 heterocycles. The van der Waals surface area contributed by atoms with Crippen LogP contribution in [0.25, 0.3) is 22.9 Å². The number of amides is 1. The van der Waals surface area contributed by atoms with E-state index in [1.807, 2.05) is 48.5 Å². The summed E-state index contributed by atoms with van der Waals surface area (Å²) >= 11 is 0. The summed E-state index contributed by atoms with van der Waals surface area (Å²) < 4.78 is 11.6. The van der Waals surface area contributed by atoms with Crippen molar-refractivity contribution in [2.45, 2.75) is 19.3 Å². The van der Waals surface area contributed by atoms with Gasteiger partial charge in [-0.1, -0.05) is 36.8 Å². The lowest BCUT2D eigenvalue weighted by Gasteiger charge is -2.26. The molecular formula is C23H26N4O3. The topological polar surface area (TPSA) is 80.5 Å². The van der Waals surface area contributed by atoms with E-state index in [1.165, 1.54) is 19.3 Å². The van der Waals surface area contributed by atoms with E-state index >= 15 is 0 Å².